The van der Waals surface area contributed by atoms with Crippen molar-refractivity contribution in [3.8, 4) is 0 Å². The first-order valence-electron chi connectivity index (χ1n) is 24.4. The summed E-state index contributed by atoms with van der Waals surface area (Å²) < 4.78 is 5.89. The molecule has 0 saturated carbocycles. The Morgan fingerprint density at radius 1 is 0.509 bits per heavy atom. The quantitative estimate of drug-likeness (QED) is 0.0324. The molecule has 0 aliphatic carbocycles. The summed E-state index contributed by atoms with van der Waals surface area (Å²) in [5.74, 6) is -0.525. The molecule has 1 amide bonds. The molecule has 0 aromatic rings. The molecule has 0 aliphatic rings. The third kappa shape index (κ3) is 40.4. The number of nitrogens with one attached hydrogen (secondary N) is 1. The second kappa shape index (κ2) is 44.9. The second-order valence-corrected chi connectivity index (χ2v) is 16.5. The van der Waals surface area contributed by atoms with E-state index in [9.17, 15) is 19.8 Å². The van der Waals surface area contributed by atoms with Crippen LogP contribution in [0, 0.1) is 0 Å². The van der Waals surface area contributed by atoms with Crippen molar-refractivity contribution in [1.29, 1.82) is 0 Å². The van der Waals surface area contributed by atoms with Gasteiger partial charge < -0.3 is 20.3 Å². The van der Waals surface area contributed by atoms with Crippen molar-refractivity contribution in [1.82, 2.24) is 5.32 Å². The van der Waals surface area contributed by atoms with Gasteiger partial charge in [-0.1, -0.05) is 211 Å². The lowest BCUT2D eigenvalue weighted by Crippen LogP contribution is -2.46. The maximum atomic E-state index is 13.1. The molecule has 0 aromatic carbocycles. The molecule has 57 heavy (non-hydrogen) atoms. The number of carbonyl (C=O) groups excluding carboxylic acids is 2. The maximum Gasteiger partial charge on any atom is 0.306 e. The number of carbonyl (C=O) groups is 2. The molecule has 0 aromatic heterocycles. The van der Waals surface area contributed by atoms with E-state index in [1.54, 1.807) is 0 Å². The van der Waals surface area contributed by atoms with Crippen LogP contribution in [-0.2, 0) is 14.3 Å². The first-order chi connectivity index (χ1) is 28.0. The molecule has 3 atom stereocenters. The summed E-state index contributed by atoms with van der Waals surface area (Å²) in [6, 6.07) is -0.715. The Hall–Kier alpha value is -2.18. The molecular weight excluding hydrogens is 707 g/mol. The van der Waals surface area contributed by atoms with Crippen molar-refractivity contribution in [2.45, 2.75) is 257 Å². The highest BCUT2D eigenvalue weighted by molar-refractivity contribution is 5.77. The first kappa shape index (κ1) is 54.8. The lowest BCUT2D eigenvalue weighted by Gasteiger charge is -2.24. The zero-order chi connectivity index (χ0) is 41.7. The Balaban J connectivity index is 4.70. The molecular formula is C51H93NO5. The summed E-state index contributed by atoms with van der Waals surface area (Å²) in [7, 11) is 0. The van der Waals surface area contributed by atoms with E-state index < -0.39 is 18.2 Å². The normalized spacial score (nSPS) is 13.7. The van der Waals surface area contributed by atoms with Gasteiger partial charge in [0.15, 0.2) is 0 Å². The van der Waals surface area contributed by atoms with Gasteiger partial charge in [0.25, 0.3) is 0 Å². The predicted molar refractivity (Wildman–Crippen MR) is 245 cm³/mol. The van der Waals surface area contributed by atoms with Crippen LogP contribution in [0.3, 0.4) is 0 Å². The van der Waals surface area contributed by atoms with Crippen molar-refractivity contribution in [3.63, 3.8) is 0 Å². The molecule has 0 rings (SSSR count). The number of esters is 1. The fraction of sp³-hybridized carbons (Fsp3) is 0.804. The maximum absolute atomic E-state index is 13.1. The van der Waals surface area contributed by atoms with Gasteiger partial charge in [0.1, 0.15) is 6.10 Å². The zero-order valence-electron chi connectivity index (χ0n) is 37.7. The molecule has 6 nitrogen and oxygen atoms in total. The first-order valence-corrected chi connectivity index (χ1v) is 24.4. The highest BCUT2D eigenvalue weighted by Gasteiger charge is 2.24. The topological polar surface area (TPSA) is 95.9 Å². The van der Waals surface area contributed by atoms with Gasteiger partial charge in [-0.15, -0.1) is 0 Å². The van der Waals surface area contributed by atoms with Crippen LogP contribution in [0.15, 0.2) is 48.6 Å². The number of hydrogen-bond acceptors (Lipinski definition) is 5. The van der Waals surface area contributed by atoms with Crippen LogP contribution in [-0.4, -0.2) is 46.9 Å². The summed E-state index contributed by atoms with van der Waals surface area (Å²) in [6.45, 7) is 6.41. The summed E-state index contributed by atoms with van der Waals surface area (Å²) in [5, 5.41) is 23.6. The number of hydrogen-bond donors (Lipinski definition) is 3. The second-order valence-electron chi connectivity index (χ2n) is 16.5. The average Bonchev–Trinajstić information content (AvgIpc) is 3.20. The van der Waals surface area contributed by atoms with Gasteiger partial charge in [0, 0.05) is 6.42 Å². The van der Waals surface area contributed by atoms with Gasteiger partial charge in [-0.3, -0.25) is 9.59 Å². The summed E-state index contributed by atoms with van der Waals surface area (Å²) in [6.07, 6.45) is 53.2. The van der Waals surface area contributed by atoms with Crippen LogP contribution in [0.5, 0.6) is 0 Å². The Morgan fingerprint density at radius 2 is 0.912 bits per heavy atom. The smallest absolute Gasteiger partial charge is 0.306 e. The predicted octanol–water partition coefficient (Wildman–Crippen LogP) is 14.3. The Bertz CT molecular complexity index is 988. The minimum atomic E-state index is -0.798. The fourth-order valence-electron chi connectivity index (χ4n) is 7.18. The van der Waals surface area contributed by atoms with Crippen molar-refractivity contribution in [2.75, 3.05) is 6.61 Å². The minimum Gasteiger partial charge on any atom is -0.462 e. The van der Waals surface area contributed by atoms with Crippen LogP contribution < -0.4 is 5.32 Å². The molecule has 0 heterocycles. The van der Waals surface area contributed by atoms with Crippen molar-refractivity contribution < 1.29 is 24.5 Å². The SMILES string of the molecule is CCCCC/C=C\C/C=C\C/C=C\C/C=C\CCCC(CC(=O)NC(CO)C(O)CCCCCCCCCCC)OC(=O)CCCCCCCCCCCCCC. The van der Waals surface area contributed by atoms with Crippen molar-refractivity contribution >= 4 is 11.9 Å². The Morgan fingerprint density at radius 3 is 1.39 bits per heavy atom. The van der Waals surface area contributed by atoms with Crippen LogP contribution in [0.1, 0.15) is 239 Å². The largest absolute Gasteiger partial charge is 0.462 e. The number of rotatable bonds is 43. The van der Waals surface area contributed by atoms with E-state index in [0.717, 1.165) is 70.6 Å². The third-order valence-corrected chi connectivity index (χ3v) is 10.9. The van der Waals surface area contributed by atoms with Crippen LogP contribution in [0.4, 0.5) is 0 Å². The van der Waals surface area contributed by atoms with Gasteiger partial charge in [-0.2, -0.15) is 0 Å². The molecule has 3 unspecified atom stereocenters. The summed E-state index contributed by atoms with van der Waals surface area (Å²) in [4.78, 5) is 26.0. The molecule has 3 N–H and O–H groups in total. The van der Waals surface area contributed by atoms with Crippen LogP contribution >= 0.6 is 0 Å². The number of amides is 1. The lowest BCUT2D eigenvalue weighted by molar-refractivity contribution is -0.151. The molecule has 0 bridgehead atoms. The van der Waals surface area contributed by atoms with Gasteiger partial charge in [-0.25, -0.2) is 0 Å². The van der Waals surface area contributed by atoms with E-state index in [-0.39, 0.29) is 24.9 Å². The molecule has 6 heteroatoms. The monoisotopic (exact) mass is 800 g/mol. The third-order valence-electron chi connectivity index (χ3n) is 10.9. The summed E-state index contributed by atoms with van der Waals surface area (Å²) >= 11 is 0. The van der Waals surface area contributed by atoms with Gasteiger partial charge in [0.05, 0.1) is 25.2 Å². The van der Waals surface area contributed by atoms with E-state index >= 15 is 0 Å². The lowest BCUT2D eigenvalue weighted by atomic mass is 10.0. The summed E-state index contributed by atoms with van der Waals surface area (Å²) in [5.41, 5.74) is 0. The van der Waals surface area contributed by atoms with Gasteiger partial charge in [0.2, 0.25) is 5.91 Å². The highest BCUT2D eigenvalue weighted by Crippen LogP contribution is 2.17. The number of allylic oxidation sites excluding steroid dienone is 8. The van der Waals surface area contributed by atoms with E-state index in [2.05, 4.69) is 74.7 Å². The van der Waals surface area contributed by atoms with Crippen LogP contribution in [0.25, 0.3) is 0 Å². The molecule has 332 valence electrons. The number of unbranched alkanes of at least 4 members (excludes halogenated alkanes) is 23. The number of aliphatic hydroxyl groups is 2. The number of ether oxygens (including phenoxy) is 1. The van der Waals surface area contributed by atoms with Crippen LogP contribution in [0.2, 0.25) is 0 Å². The van der Waals surface area contributed by atoms with E-state index in [1.807, 2.05) is 0 Å². The van der Waals surface area contributed by atoms with Crippen molar-refractivity contribution in [2.24, 2.45) is 0 Å². The van der Waals surface area contributed by atoms with E-state index in [1.165, 1.54) is 122 Å². The minimum absolute atomic E-state index is 0.0417. The van der Waals surface area contributed by atoms with Gasteiger partial charge in [-0.05, 0) is 64.2 Å². The highest BCUT2D eigenvalue weighted by atomic mass is 16.5. The Kier molecular flexibility index (Phi) is 43.2. The zero-order valence-corrected chi connectivity index (χ0v) is 37.7. The van der Waals surface area contributed by atoms with Crippen molar-refractivity contribution in [3.05, 3.63) is 48.6 Å². The molecule has 0 radical (unpaired) electrons. The van der Waals surface area contributed by atoms with Gasteiger partial charge >= 0.3 is 5.97 Å². The van der Waals surface area contributed by atoms with E-state index in [4.69, 9.17) is 4.74 Å². The molecule has 0 aliphatic heterocycles. The average molecular weight is 800 g/mol. The fourth-order valence-corrected chi connectivity index (χ4v) is 7.18. The number of aliphatic hydroxyl groups excluding tert-OH is 2. The molecule has 0 spiro atoms. The standard InChI is InChI=1S/C51H93NO5/c1-4-7-10-13-16-19-21-23-24-25-26-27-28-31-33-36-39-42-47(57-51(56)44-41-38-35-32-29-22-20-17-14-11-8-5-2)45-50(55)52-48(46-53)49(54)43-40-37-34-30-18-15-12-9-6-3/h16,19,23-24,26-27,31,33,47-49,53-54H,4-15,17-18,20-22,25,28-30,32,34-46H2,1-3H3,(H,52,55)/b19-16-,24-23-,27-26-,33-31-. The Labute approximate surface area is 353 Å². The molecule has 0 fully saturated rings. The molecule has 0 saturated heterocycles. The van der Waals surface area contributed by atoms with E-state index in [0.29, 0.717) is 19.3 Å².